The molecule has 1 aromatic heterocycles. The van der Waals surface area contributed by atoms with Crippen LogP contribution in [-0.2, 0) is 9.53 Å². The molecule has 3 N–H and O–H groups in total. The number of aliphatic carboxylic acids is 1. The minimum atomic E-state index is -1.000. The Kier molecular flexibility index (Phi) is 4.87. The maximum atomic E-state index is 12.4. The number of benzene rings is 1. The van der Waals surface area contributed by atoms with Gasteiger partial charge in [0.2, 0.25) is 0 Å². The van der Waals surface area contributed by atoms with E-state index in [4.69, 9.17) is 9.84 Å². The number of carbonyl (C=O) groups is 2. The highest BCUT2D eigenvalue weighted by Gasteiger charge is 2.30. The largest absolute Gasteiger partial charge is 0.481 e. The van der Waals surface area contributed by atoms with E-state index >= 15 is 0 Å². The van der Waals surface area contributed by atoms with Gasteiger partial charge in [-0.1, -0.05) is 22.0 Å². The molecule has 1 amide bonds. The summed E-state index contributed by atoms with van der Waals surface area (Å²) in [5, 5.41) is 12.6. The number of methoxy groups -OCH3 is 1. The second kappa shape index (κ2) is 6.50. The van der Waals surface area contributed by atoms with E-state index in [1.54, 1.807) is 13.0 Å². The van der Waals surface area contributed by atoms with Crippen LogP contribution in [0.15, 0.2) is 28.7 Å². The van der Waals surface area contributed by atoms with Gasteiger partial charge in [-0.05, 0) is 25.1 Å². The highest BCUT2D eigenvalue weighted by atomic mass is 79.9. The Morgan fingerprint density at radius 1 is 1.41 bits per heavy atom. The average Bonchev–Trinajstić information content (AvgIpc) is 2.80. The molecule has 0 spiro atoms. The van der Waals surface area contributed by atoms with Crippen molar-refractivity contribution in [2.24, 2.45) is 0 Å². The average molecular weight is 369 g/mol. The molecule has 7 heteroatoms. The van der Waals surface area contributed by atoms with Crippen molar-refractivity contribution in [2.75, 3.05) is 13.7 Å². The van der Waals surface area contributed by atoms with Crippen LogP contribution in [0.1, 0.15) is 23.8 Å². The van der Waals surface area contributed by atoms with E-state index in [9.17, 15) is 9.59 Å². The molecule has 0 aliphatic carbocycles. The molecule has 1 heterocycles. The SMILES string of the molecule is COCC(C)(CC(=O)O)NC(=O)c1cc2ccc(Br)cc2[nH]1. The molecule has 0 radical (unpaired) electrons. The zero-order valence-corrected chi connectivity index (χ0v) is 13.9. The summed E-state index contributed by atoms with van der Waals surface area (Å²) in [6, 6.07) is 7.37. The Morgan fingerprint density at radius 2 is 2.14 bits per heavy atom. The molecule has 0 saturated heterocycles. The minimum Gasteiger partial charge on any atom is -0.481 e. The predicted molar refractivity (Wildman–Crippen MR) is 86.0 cm³/mol. The van der Waals surface area contributed by atoms with Crippen molar-refractivity contribution in [3.63, 3.8) is 0 Å². The summed E-state index contributed by atoms with van der Waals surface area (Å²) < 4.78 is 5.93. The van der Waals surface area contributed by atoms with Crippen LogP contribution < -0.4 is 5.32 Å². The normalized spacial score (nSPS) is 13.8. The number of carbonyl (C=O) groups excluding carboxylic acids is 1. The van der Waals surface area contributed by atoms with Gasteiger partial charge < -0.3 is 20.1 Å². The van der Waals surface area contributed by atoms with Crippen molar-refractivity contribution in [3.8, 4) is 0 Å². The number of aromatic nitrogens is 1. The lowest BCUT2D eigenvalue weighted by Crippen LogP contribution is -2.50. The molecule has 1 atom stereocenters. The van der Waals surface area contributed by atoms with Gasteiger partial charge in [-0.3, -0.25) is 9.59 Å². The summed E-state index contributed by atoms with van der Waals surface area (Å²) in [5.41, 5.74) is 0.224. The molecule has 22 heavy (non-hydrogen) atoms. The predicted octanol–water partition coefficient (Wildman–Crippen LogP) is 2.54. The van der Waals surface area contributed by atoms with Crippen LogP contribution in [0.4, 0.5) is 0 Å². The number of hydrogen-bond donors (Lipinski definition) is 3. The third-order valence-electron chi connectivity index (χ3n) is 3.25. The third-order valence-corrected chi connectivity index (χ3v) is 3.74. The molecule has 1 unspecified atom stereocenters. The van der Waals surface area contributed by atoms with Crippen molar-refractivity contribution >= 4 is 38.7 Å². The van der Waals surface area contributed by atoms with Crippen molar-refractivity contribution in [1.29, 1.82) is 0 Å². The van der Waals surface area contributed by atoms with Gasteiger partial charge in [0, 0.05) is 22.5 Å². The fraction of sp³-hybridized carbons (Fsp3) is 0.333. The van der Waals surface area contributed by atoms with Gasteiger partial charge >= 0.3 is 5.97 Å². The van der Waals surface area contributed by atoms with Gasteiger partial charge in [0.1, 0.15) is 5.69 Å². The van der Waals surface area contributed by atoms with Crippen LogP contribution in [-0.4, -0.2) is 41.2 Å². The van der Waals surface area contributed by atoms with E-state index in [2.05, 4.69) is 26.2 Å². The monoisotopic (exact) mass is 368 g/mol. The van der Waals surface area contributed by atoms with E-state index in [1.807, 2.05) is 18.2 Å². The number of H-pyrrole nitrogens is 1. The number of amides is 1. The van der Waals surface area contributed by atoms with E-state index in [0.717, 1.165) is 15.4 Å². The summed E-state index contributed by atoms with van der Waals surface area (Å²) in [5.74, 6) is -1.37. The summed E-state index contributed by atoms with van der Waals surface area (Å²) in [4.78, 5) is 26.4. The van der Waals surface area contributed by atoms with E-state index in [1.165, 1.54) is 7.11 Å². The number of carboxylic acids is 1. The van der Waals surface area contributed by atoms with Crippen molar-refractivity contribution in [2.45, 2.75) is 18.9 Å². The Hall–Kier alpha value is -1.86. The van der Waals surface area contributed by atoms with Gasteiger partial charge in [-0.15, -0.1) is 0 Å². The standard InChI is InChI=1S/C15H17BrN2O4/c1-15(8-22-2,7-13(19)20)18-14(21)12-5-9-3-4-10(16)6-11(9)17-12/h3-6,17H,7-8H2,1-2H3,(H,18,21)(H,19,20). The lowest BCUT2D eigenvalue weighted by molar-refractivity contribution is -0.139. The van der Waals surface area contributed by atoms with Crippen LogP contribution in [0.3, 0.4) is 0 Å². The summed E-state index contributed by atoms with van der Waals surface area (Å²) in [6.07, 6.45) is -0.224. The van der Waals surface area contributed by atoms with Gasteiger partial charge in [0.15, 0.2) is 0 Å². The molecular formula is C15H17BrN2O4. The lowest BCUT2D eigenvalue weighted by Gasteiger charge is -2.28. The Balaban J connectivity index is 2.22. The third kappa shape index (κ3) is 3.86. The van der Waals surface area contributed by atoms with Crippen LogP contribution in [0.5, 0.6) is 0 Å². The minimum absolute atomic E-state index is 0.108. The smallest absolute Gasteiger partial charge is 0.305 e. The second-order valence-electron chi connectivity index (χ2n) is 5.43. The van der Waals surface area contributed by atoms with E-state index in [0.29, 0.717) is 5.69 Å². The Labute approximate surface area is 136 Å². The number of ether oxygens (including phenoxy) is 1. The summed E-state index contributed by atoms with van der Waals surface area (Å²) in [6.45, 7) is 1.75. The van der Waals surface area contributed by atoms with Crippen LogP contribution in [0.2, 0.25) is 0 Å². The number of aromatic amines is 1. The second-order valence-corrected chi connectivity index (χ2v) is 6.35. The maximum Gasteiger partial charge on any atom is 0.305 e. The highest BCUT2D eigenvalue weighted by Crippen LogP contribution is 2.21. The maximum absolute atomic E-state index is 12.4. The first-order valence-electron chi connectivity index (χ1n) is 6.64. The first kappa shape index (κ1) is 16.5. The molecule has 0 fully saturated rings. The van der Waals surface area contributed by atoms with Gasteiger partial charge in [-0.25, -0.2) is 0 Å². The molecule has 118 valence electrons. The number of halogens is 1. The van der Waals surface area contributed by atoms with E-state index in [-0.39, 0.29) is 18.9 Å². The van der Waals surface area contributed by atoms with Crippen molar-refractivity contribution < 1.29 is 19.4 Å². The molecule has 2 rings (SSSR count). The molecule has 0 bridgehead atoms. The number of carboxylic acid groups (broad SMARTS) is 1. The molecule has 2 aromatic rings. The van der Waals surface area contributed by atoms with Crippen LogP contribution >= 0.6 is 15.9 Å². The zero-order valence-electron chi connectivity index (χ0n) is 12.3. The molecule has 0 aliphatic rings. The summed E-state index contributed by atoms with van der Waals surface area (Å²) >= 11 is 3.37. The molecule has 0 aliphatic heterocycles. The fourth-order valence-corrected chi connectivity index (χ4v) is 2.71. The number of hydrogen-bond acceptors (Lipinski definition) is 3. The number of rotatable bonds is 6. The first-order chi connectivity index (χ1) is 10.3. The molecule has 6 nitrogen and oxygen atoms in total. The van der Waals surface area contributed by atoms with E-state index < -0.39 is 11.5 Å². The fourth-order valence-electron chi connectivity index (χ4n) is 2.35. The molecule has 1 aromatic carbocycles. The Bertz CT molecular complexity index is 713. The zero-order chi connectivity index (χ0) is 16.3. The number of nitrogens with one attached hydrogen (secondary N) is 2. The van der Waals surface area contributed by atoms with Crippen LogP contribution in [0.25, 0.3) is 10.9 Å². The highest BCUT2D eigenvalue weighted by molar-refractivity contribution is 9.10. The van der Waals surface area contributed by atoms with Crippen molar-refractivity contribution in [1.82, 2.24) is 10.3 Å². The quantitative estimate of drug-likeness (QED) is 0.730. The Morgan fingerprint density at radius 3 is 2.77 bits per heavy atom. The van der Waals surface area contributed by atoms with Gasteiger partial charge in [0.05, 0.1) is 18.6 Å². The lowest BCUT2D eigenvalue weighted by atomic mass is 9.98. The topological polar surface area (TPSA) is 91.4 Å². The van der Waals surface area contributed by atoms with Gasteiger partial charge in [0.25, 0.3) is 5.91 Å². The first-order valence-corrected chi connectivity index (χ1v) is 7.44. The van der Waals surface area contributed by atoms with Crippen molar-refractivity contribution in [3.05, 3.63) is 34.4 Å². The molecular weight excluding hydrogens is 352 g/mol. The summed E-state index contributed by atoms with van der Waals surface area (Å²) in [7, 11) is 1.47. The van der Waals surface area contributed by atoms with Gasteiger partial charge in [-0.2, -0.15) is 0 Å². The molecule has 0 saturated carbocycles. The number of fused-ring (bicyclic) bond motifs is 1. The van der Waals surface area contributed by atoms with Crippen LogP contribution in [0, 0.1) is 0 Å².